The van der Waals surface area contributed by atoms with E-state index in [2.05, 4.69) is 4.90 Å². The number of likely N-dealkylation sites (tertiary alicyclic amines) is 1. The van der Waals surface area contributed by atoms with Gasteiger partial charge in [-0.05, 0) is 44.0 Å². The van der Waals surface area contributed by atoms with Gasteiger partial charge >= 0.3 is 0 Å². The van der Waals surface area contributed by atoms with E-state index in [1.165, 1.54) is 19.4 Å². The summed E-state index contributed by atoms with van der Waals surface area (Å²) in [5.41, 5.74) is 5.73. The highest BCUT2D eigenvalue weighted by Gasteiger charge is 2.18. The van der Waals surface area contributed by atoms with E-state index in [0.717, 1.165) is 32.0 Å². The number of nitrogens with zero attached hydrogens (tertiary/aromatic N) is 1. The van der Waals surface area contributed by atoms with Gasteiger partial charge in [0.1, 0.15) is 12.4 Å². The van der Waals surface area contributed by atoms with Gasteiger partial charge in [0.05, 0.1) is 0 Å². The van der Waals surface area contributed by atoms with Crippen molar-refractivity contribution in [3.63, 3.8) is 0 Å². The Kier molecular flexibility index (Phi) is 4.83. The molecule has 1 aliphatic heterocycles. The van der Waals surface area contributed by atoms with Gasteiger partial charge < -0.3 is 10.5 Å². The van der Waals surface area contributed by atoms with Crippen LogP contribution in [0, 0.1) is 5.92 Å². The summed E-state index contributed by atoms with van der Waals surface area (Å²) < 4.78 is 5.70. The molecule has 2 rings (SSSR count). The summed E-state index contributed by atoms with van der Waals surface area (Å²) in [5.74, 6) is 1.64. The van der Waals surface area contributed by atoms with Crippen molar-refractivity contribution in [2.24, 2.45) is 11.7 Å². The van der Waals surface area contributed by atoms with E-state index >= 15 is 0 Å². The molecule has 1 aromatic rings. The lowest BCUT2D eigenvalue weighted by molar-refractivity contribution is 0.149. The van der Waals surface area contributed by atoms with E-state index in [1.807, 2.05) is 30.3 Å². The van der Waals surface area contributed by atoms with Crippen LogP contribution in [-0.2, 0) is 0 Å². The quantitative estimate of drug-likeness (QED) is 0.843. The van der Waals surface area contributed by atoms with Crippen molar-refractivity contribution in [1.82, 2.24) is 4.90 Å². The third kappa shape index (κ3) is 4.02. The Balaban J connectivity index is 1.68. The first-order valence-corrected chi connectivity index (χ1v) is 6.49. The van der Waals surface area contributed by atoms with Crippen LogP contribution < -0.4 is 10.5 Å². The van der Waals surface area contributed by atoms with Crippen LogP contribution in [0.1, 0.15) is 12.8 Å². The van der Waals surface area contributed by atoms with E-state index < -0.39 is 0 Å². The van der Waals surface area contributed by atoms with Crippen LogP contribution in [0.15, 0.2) is 30.3 Å². The van der Waals surface area contributed by atoms with Crippen molar-refractivity contribution < 1.29 is 4.74 Å². The smallest absolute Gasteiger partial charge is 0.119 e. The molecule has 0 amide bonds. The first kappa shape index (κ1) is 12.4. The first-order chi connectivity index (χ1) is 8.38. The number of piperidine rings is 1. The average molecular weight is 234 g/mol. The third-order valence-electron chi connectivity index (χ3n) is 3.36. The average Bonchev–Trinajstić information content (AvgIpc) is 2.40. The largest absolute Gasteiger partial charge is 0.492 e. The van der Waals surface area contributed by atoms with Crippen LogP contribution in [-0.4, -0.2) is 37.7 Å². The Morgan fingerprint density at radius 3 is 2.88 bits per heavy atom. The van der Waals surface area contributed by atoms with Crippen LogP contribution in [0.2, 0.25) is 0 Å². The van der Waals surface area contributed by atoms with Gasteiger partial charge in [0.2, 0.25) is 0 Å². The van der Waals surface area contributed by atoms with E-state index in [1.54, 1.807) is 0 Å². The third-order valence-corrected chi connectivity index (χ3v) is 3.36. The second-order valence-electron chi connectivity index (χ2n) is 4.71. The highest BCUT2D eigenvalue weighted by atomic mass is 16.5. The first-order valence-electron chi connectivity index (χ1n) is 6.49. The minimum atomic E-state index is 0.681. The molecule has 1 atom stereocenters. The van der Waals surface area contributed by atoms with Gasteiger partial charge in [0, 0.05) is 13.1 Å². The number of hydrogen-bond donors (Lipinski definition) is 1. The van der Waals surface area contributed by atoms with Crippen LogP contribution in [0.3, 0.4) is 0 Å². The van der Waals surface area contributed by atoms with E-state index in [4.69, 9.17) is 10.5 Å². The second-order valence-corrected chi connectivity index (χ2v) is 4.71. The Morgan fingerprint density at radius 2 is 2.12 bits per heavy atom. The molecule has 2 N–H and O–H groups in total. The van der Waals surface area contributed by atoms with Crippen molar-refractivity contribution in [2.45, 2.75) is 12.8 Å². The molecule has 0 aromatic heterocycles. The molecule has 0 saturated carbocycles. The molecule has 0 radical (unpaired) electrons. The standard InChI is InChI=1S/C14H22N2O/c15-11-13-5-4-8-16(12-13)9-10-17-14-6-2-1-3-7-14/h1-3,6-7,13H,4-5,8-12,15H2/t13-/m1/s1. The molecule has 17 heavy (non-hydrogen) atoms. The summed E-state index contributed by atoms with van der Waals surface area (Å²) >= 11 is 0. The zero-order valence-corrected chi connectivity index (χ0v) is 10.3. The monoisotopic (exact) mass is 234 g/mol. The minimum Gasteiger partial charge on any atom is -0.492 e. The van der Waals surface area contributed by atoms with Gasteiger partial charge in [-0.25, -0.2) is 0 Å². The maximum atomic E-state index is 5.73. The van der Waals surface area contributed by atoms with Gasteiger partial charge in [0.25, 0.3) is 0 Å². The van der Waals surface area contributed by atoms with Crippen molar-refractivity contribution in [1.29, 1.82) is 0 Å². The molecular weight excluding hydrogens is 212 g/mol. The lowest BCUT2D eigenvalue weighted by Crippen LogP contribution is -2.40. The summed E-state index contributed by atoms with van der Waals surface area (Å²) in [6, 6.07) is 10.0. The zero-order chi connectivity index (χ0) is 11.9. The molecule has 0 unspecified atom stereocenters. The van der Waals surface area contributed by atoms with Crippen LogP contribution >= 0.6 is 0 Å². The fraction of sp³-hybridized carbons (Fsp3) is 0.571. The van der Waals surface area contributed by atoms with Crippen molar-refractivity contribution in [2.75, 3.05) is 32.8 Å². The van der Waals surface area contributed by atoms with Crippen LogP contribution in [0.4, 0.5) is 0 Å². The fourth-order valence-electron chi connectivity index (χ4n) is 2.36. The Hall–Kier alpha value is -1.06. The van der Waals surface area contributed by atoms with Crippen molar-refractivity contribution >= 4 is 0 Å². The summed E-state index contributed by atoms with van der Waals surface area (Å²) in [6.07, 6.45) is 2.56. The number of nitrogens with two attached hydrogens (primary N) is 1. The topological polar surface area (TPSA) is 38.5 Å². The van der Waals surface area contributed by atoms with E-state index in [9.17, 15) is 0 Å². The SMILES string of the molecule is NC[C@H]1CCCN(CCOc2ccccc2)C1. The summed E-state index contributed by atoms with van der Waals surface area (Å²) in [4.78, 5) is 2.46. The molecular formula is C14H22N2O. The Morgan fingerprint density at radius 1 is 1.29 bits per heavy atom. The Labute approximate surface area is 104 Å². The summed E-state index contributed by atoms with van der Waals surface area (Å²) in [6.45, 7) is 4.91. The minimum absolute atomic E-state index is 0.681. The zero-order valence-electron chi connectivity index (χ0n) is 10.3. The molecule has 1 aliphatic rings. The fourth-order valence-corrected chi connectivity index (χ4v) is 2.36. The number of benzene rings is 1. The summed E-state index contributed by atoms with van der Waals surface area (Å²) in [7, 11) is 0. The van der Waals surface area contributed by atoms with E-state index in [0.29, 0.717) is 5.92 Å². The van der Waals surface area contributed by atoms with Crippen LogP contribution in [0.5, 0.6) is 5.75 Å². The van der Waals surface area contributed by atoms with E-state index in [-0.39, 0.29) is 0 Å². The highest BCUT2D eigenvalue weighted by Crippen LogP contribution is 2.15. The van der Waals surface area contributed by atoms with Crippen LogP contribution in [0.25, 0.3) is 0 Å². The lowest BCUT2D eigenvalue weighted by atomic mass is 9.98. The predicted molar refractivity (Wildman–Crippen MR) is 70.2 cm³/mol. The maximum absolute atomic E-state index is 5.73. The molecule has 1 aromatic carbocycles. The normalized spacial score (nSPS) is 21.4. The molecule has 0 aliphatic carbocycles. The van der Waals surface area contributed by atoms with Gasteiger partial charge in [-0.3, -0.25) is 4.90 Å². The van der Waals surface area contributed by atoms with Gasteiger partial charge in [-0.2, -0.15) is 0 Å². The molecule has 94 valence electrons. The summed E-state index contributed by atoms with van der Waals surface area (Å²) in [5, 5.41) is 0. The highest BCUT2D eigenvalue weighted by molar-refractivity contribution is 5.20. The van der Waals surface area contributed by atoms with Crippen molar-refractivity contribution in [3.05, 3.63) is 30.3 Å². The van der Waals surface area contributed by atoms with Gasteiger partial charge in [-0.1, -0.05) is 18.2 Å². The lowest BCUT2D eigenvalue weighted by Gasteiger charge is -2.31. The second kappa shape index (κ2) is 6.62. The predicted octanol–water partition coefficient (Wildman–Crippen LogP) is 1.74. The number of para-hydroxylation sites is 1. The molecule has 1 saturated heterocycles. The molecule has 3 nitrogen and oxygen atoms in total. The van der Waals surface area contributed by atoms with Crippen molar-refractivity contribution in [3.8, 4) is 5.75 Å². The number of ether oxygens (including phenoxy) is 1. The Bertz CT molecular complexity index is 315. The maximum Gasteiger partial charge on any atom is 0.119 e. The molecule has 0 bridgehead atoms. The molecule has 0 spiro atoms. The molecule has 1 heterocycles. The number of hydrogen-bond acceptors (Lipinski definition) is 3. The van der Waals surface area contributed by atoms with Gasteiger partial charge in [0.15, 0.2) is 0 Å². The molecule has 3 heteroatoms. The number of rotatable bonds is 5. The molecule has 1 fully saturated rings. The van der Waals surface area contributed by atoms with Gasteiger partial charge in [-0.15, -0.1) is 0 Å².